The maximum absolute atomic E-state index is 12.0. The van der Waals surface area contributed by atoms with E-state index in [0.29, 0.717) is 15.6 Å². The summed E-state index contributed by atoms with van der Waals surface area (Å²) in [5.41, 5.74) is -0.693. The molecule has 2 N–H and O–H groups in total. The van der Waals surface area contributed by atoms with Crippen LogP contribution in [0, 0.1) is 0 Å². The second kappa shape index (κ2) is 6.14. The first kappa shape index (κ1) is 15.3. The molecule has 0 saturated carbocycles. The van der Waals surface area contributed by atoms with E-state index >= 15 is 0 Å². The molecule has 6 heteroatoms. The fourth-order valence-corrected chi connectivity index (χ4v) is 2.75. The number of thiophene rings is 1. The highest BCUT2D eigenvalue weighted by Crippen LogP contribution is 2.25. The van der Waals surface area contributed by atoms with Crippen LogP contribution in [-0.2, 0) is 5.60 Å². The van der Waals surface area contributed by atoms with Gasteiger partial charge in [-0.3, -0.25) is 4.79 Å². The number of aliphatic hydroxyl groups is 1. The quantitative estimate of drug-likeness (QED) is 0.898. The van der Waals surface area contributed by atoms with Crippen LogP contribution in [-0.4, -0.2) is 17.6 Å². The number of rotatable bonds is 4. The molecule has 0 aliphatic rings. The third kappa shape index (κ3) is 3.52. The predicted octanol–water partition coefficient (Wildman–Crippen LogP) is 3.69. The van der Waals surface area contributed by atoms with Gasteiger partial charge in [0.05, 0.1) is 16.6 Å². The van der Waals surface area contributed by atoms with Gasteiger partial charge in [0.25, 0.3) is 5.91 Å². The van der Waals surface area contributed by atoms with Gasteiger partial charge in [0.15, 0.2) is 0 Å². The van der Waals surface area contributed by atoms with Gasteiger partial charge in [-0.25, -0.2) is 0 Å². The van der Waals surface area contributed by atoms with Crippen molar-refractivity contribution < 1.29 is 9.90 Å². The van der Waals surface area contributed by atoms with Crippen molar-refractivity contribution >= 4 is 40.4 Å². The van der Waals surface area contributed by atoms with Crippen LogP contribution >= 0.6 is 34.5 Å². The first-order valence-corrected chi connectivity index (χ1v) is 7.53. The third-order valence-electron chi connectivity index (χ3n) is 2.83. The third-order valence-corrected chi connectivity index (χ3v) is 4.69. The van der Waals surface area contributed by atoms with Crippen molar-refractivity contribution in [1.82, 2.24) is 5.32 Å². The van der Waals surface area contributed by atoms with E-state index in [1.165, 1.54) is 17.4 Å². The lowest BCUT2D eigenvalue weighted by Gasteiger charge is -2.22. The molecule has 0 aliphatic heterocycles. The number of carbonyl (C=O) groups is 1. The van der Waals surface area contributed by atoms with E-state index in [9.17, 15) is 9.90 Å². The van der Waals surface area contributed by atoms with Crippen LogP contribution < -0.4 is 5.32 Å². The Balaban J connectivity index is 2.03. The van der Waals surface area contributed by atoms with Crippen LogP contribution in [0.4, 0.5) is 0 Å². The minimum Gasteiger partial charge on any atom is -0.383 e. The first-order valence-electron chi connectivity index (χ1n) is 5.90. The maximum atomic E-state index is 12.0. The number of carbonyl (C=O) groups excluding carboxylic acids is 1. The van der Waals surface area contributed by atoms with E-state index in [1.54, 1.807) is 19.1 Å². The van der Waals surface area contributed by atoms with Crippen LogP contribution in [0.15, 0.2) is 35.7 Å². The lowest BCUT2D eigenvalue weighted by Crippen LogP contribution is -2.38. The summed E-state index contributed by atoms with van der Waals surface area (Å²) in [4.78, 5) is 12.8. The van der Waals surface area contributed by atoms with Crippen molar-refractivity contribution in [3.8, 4) is 0 Å². The van der Waals surface area contributed by atoms with E-state index in [2.05, 4.69) is 5.32 Å². The number of nitrogens with one attached hydrogen (secondary N) is 1. The van der Waals surface area contributed by atoms with Crippen LogP contribution in [0.3, 0.4) is 0 Å². The van der Waals surface area contributed by atoms with Crippen molar-refractivity contribution in [3.05, 3.63) is 56.2 Å². The Hall–Kier alpha value is -1.07. The molecule has 0 bridgehead atoms. The normalized spacial score (nSPS) is 13.8. The zero-order valence-corrected chi connectivity index (χ0v) is 13.0. The number of hydrogen-bond acceptors (Lipinski definition) is 3. The van der Waals surface area contributed by atoms with Crippen molar-refractivity contribution in [2.24, 2.45) is 0 Å². The second-order valence-electron chi connectivity index (χ2n) is 4.56. The van der Waals surface area contributed by atoms with Crippen LogP contribution in [0.5, 0.6) is 0 Å². The molecule has 2 aromatic rings. The summed E-state index contributed by atoms with van der Waals surface area (Å²) in [5, 5.41) is 15.6. The van der Waals surface area contributed by atoms with Crippen LogP contribution in [0.2, 0.25) is 10.0 Å². The molecule has 20 heavy (non-hydrogen) atoms. The zero-order valence-electron chi connectivity index (χ0n) is 10.7. The largest absolute Gasteiger partial charge is 0.383 e. The zero-order chi connectivity index (χ0) is 14.8. The molecule has 1 heterocycles. The number of halogens is 2. The molecule has 0 spiro atoms. The Morgan fingerprint density at radius 2 is 2.10 bits per heavy atom. The van der Waals surface area contributed by atoms with Gasteiger partial charge in [-0.2, -0.15) is 0 Å². The Morgan fingerprint density at radius 3 is 2.70 bits per heavy atom. The van der Waals surface area contributed by atoms with Crippen molar-refractivity contribution in [2.45, 2.75) is 12.5 Å². The molecule has 1 amide bonds. The highest BCUT2D eigenvalue weighted by atomic mass is 35.5. The second-order valence-corrected chi connectivity index (χ2v) is 6.32. The smallest absolute Gasteiger partial charge is 0.251 e. The SMILES string of the molecule is C[C@](O)(CNC(=O)c1ccc(Cl)c(Cl)c1)c1cccs1. The van der Waals surface area contributed by atoms with E-state index in [0.717, 1.165) is 4.88 Å². The number of hydrogen-bond donors (Lipinski definition) is 2. The molecule has 2 rings (SSSR count). The highest BCUT2D eigenvalue weighted by molar-refractivity contribution is 7.10. The molecular weight excluding hydrogens is 317 g/mol. The fraction of sp³-hybridized carbons (Fsp3) is 0.214. The van der Waals surface area contributed by atoms with Gasteiger partial charge >= 0.3 is 0 Å². The fourth-order valence-electron chi connectivity index (χ4n) is 1.66. The van der Waals surface area contributed by atoms with E-state index in [-0.39, 0.29) is 12.5 Å². The molecule has 1 atom stereocenters. The molecule has 1 aromatic carbocycles. The Kier molecular flexibility index (Phi) is 4.70. The van der Waals surface area contributed by atoms with Crippen molar-refractivity contribution in [1.29, 1.82) is 0 Å². The van der Waals surface area contributed by atoms with E-state index in [4.69, 9.17) is 23.2 Å². The van der Waals surface area contributed by atoms with Crippen molar-refractivity contribution in [2.75, 3.05) is 6.54 Å². The molecule has 106 valence electrons. The molecule has 0 unspecified atom stereocenters. The van der Waals surface area contributed by atoms with Gasteiger partial charge < -0.3 is 10.4 Å². The topological polar surface area (TPSA) is 49.3 Å². The molecule has 0 aliphatic carbocycles. The summed E-state index contributed by atoms with van der Waals surface area (Å²) in [6, 6.07) is 8.34. The summed E-state index contributed by atoms with van der Waals surface area (Å²) in [5.74, 6) is -0.305. The minimum atomic E-state index is -1.10. The van der Waals surface area contributed by atoms with Crippen molar-refractivity contribution in [3.63, 3.8) is 0 Å². The Bertz CT molecular complexity index is 612. The average molecular weight is 330 g/mol. The van der Waals surface area contributed by atoms with Gasteiger partial charge in [0, 0.05) is 10.4 Å². The van der Waals surface area contributed by atoms with Crippen LogP contribution in [0.1, 0.15) is 22.2 Å². The monoisotopic (exact) mass is 329 g/mol. The number of benzene rings is 1. The summed E-state index contributed by atoms with van der Waals surface area (Å²) in [7, 11) is 0. The highest BCUT2D eigenvalue weighted by Gasteiger charge is 2.25. The van der Waals surface area contributed by atoms with Gasteiger partial charge in [0.2, 0.25) is 0 Å². The van der Waals surface area contributed by atoms with Gasteiger partial charge in [-0.05, 0) is 36.6 Å². The molecule has 0 radical (unpaired) electrons. The predicted molar refractivity (Wildman–Crippen MR) is 82.7 cm³/mol. The summed E-state index contributed by atoms with van der Waals surface area (Å²) in [6.07, 6.45) is 0. The molecule has 3 nitrogen and oxygen atoms in total. The lowest BCUT2D eigenvalue weighted by atomic mass is 10.1. The summed E-state index contributed by atoms with van der Waals surface area (Å²) in [6.45, 7) is 1.78. The molecular formula is C14H13Cl2NO2S. The maximum Gasteiger partial charge on any atom is 0.251 e. The minimum absolute atomic E-state index is 0.118. The lowest BCUT2D eigenvalue weighted by molar-refractivity contribution is 0.0557. The van der Waals surface area contributed by atoms with Gasteiger partial charge in [0.1, 0.15) is 5.60 Å². The van der Waals surface area contributed by atoms with E-state index in [1.807, 2.05) is 17.5 Å². The van der Waals surface area contributed by atoms with Crippen LogP contribution in [0.25, 0.3) is 0 Å². The Labute approximate surface area is 131 Å². The Morgan fingerprint density at radius 1 is 1.35 bits per heavy atom. The average Bonchev–Trinajstić information content (AvgIpc) is 2.94. The summed E-state index contributed by atoms with van der Waals surface area (Å²) >= 11 is 13.1. The standard InChI is InChI=1S/C14H13Cl2NO2S/c1-14(19,12-3-2-6-20-12)8-17-13(18)9-4-5-10(15)11(16)7-9/h2-7,19H,8H2,1H3,(H,17,18)/t14-/m0/s1. The molecule has 1 aromatic heterocycles. The van der Waals surface area contributed by atoms with Gasteiger partial charge in [-0.1, -0.05) is 29.3 Å². The number of amides is 1. The van der Waals surface area contributed by atoms with E-state index < -0.39 is 5.60 Å². The molecule has 0 fully saturated rings. The first-order chi connectivity index (χ1) is 9.40. The van der Waals surface area contributed by atoms with Gasteiger partial charge in [-0.15, -0.1) is 11.3 Å². The summed E-state index contributed by atoms with van der Waals surface area (Å²) < 4.78 is 0. The molecule has 0 saturated heterocycles.